The zero-order valence-electron chi connectivity index (χ0n) is 25.8. The minimum Gasteiger partial charge on any atom is -0.495 e. The lowest BCUT2D eigenvalue weighted by atomic mass is 10.1. The van der Waals surface area contributed by atoms with E-state index in [1.54, 1.807) is 25.1 Å². The number of sulfonamides is 1. The number of nitrogens with zero attached hydrogens (tertiary/aromatic N) is 2. The SMILES string of the molecule is COc1ccc(S(=O)(=O)N(CC(=O)N(Cc2ccc(Cl)c(Cl)c2)[C@@H](C)C(=O)NCC(C)C)c2cc(Cl)ccc2OC)cc1OC. The molecule has 2 amide bonds. The number of nitrogens with one attached hydrogen (secondary N) is 1. The largest absolute Gasteiger partial charge is 0.495 e. The number of hydrogen-bond donors (Lipinski definition) is 1. The number of methoxy groups -OCH3 is 3. The summed E-state index contributed by atoms with van der Waals surface area (Å²) in [5, 5.41) is 3.63. The van der Waals surface area contributed by atoms with Crippen molar-refractivity contribution < 1.29 is 32.2 Å². The molecule has 0 saturated carbocycles. The van der Waals surface area contributed by atoms with Gasteiger partial charge in [-0.1, -0.05) is 54.7 Å². The molecule has 3 aromatic rings. The summed E-state index contributed by atoms with van der Waals surface area (Å²) in [5.74, 6) is -0.299. The number of amides is 2. The summed E-state index contributed by atoms with van der Waals surface area (Å²) in [6.45, 7) is 5.06. The molecule has 0 spiro atoms. The van der Waals surface area contributed by atoms with Crippen molar-refractivity contribution in [3.63, 3.8) is 0 Å². The highest BCUT2D eigenvalue weighted by Crippen LogP contribution is 2.37. The Bertz CT molecular complexity index is 1640. The van der Waals surface area contributed by atoms with Gasteiger partial charge in [0, 0.05) is 24.2 Å². The van der Waals surface area contributed by atoms with Crippen LogP contribution in [0.25, 0.3) is 0 Å². The number of benzene rings is 3. The molecule has 0 fully saturated rings. The summed E-state index contributed by atoms with van der Waals surface area (Å²) in [5.41, 5.74) is 0.593. The maximum Gasteiger partial charge on any atom is 0.265 e. The van der Waals surface area contributed by atoms with Crippen molar-refractivity contribution in [2.45, 2.75) is 38.3 Å². The zero-order valence-corrected chi connectivity index (χ0v) is 28.9. The van der Waals surface area contributed by atoms with E-state index in [9.17, 15) is 18.0 Å². The summed E-state index contributed by atoms with van der Waals surface area (Å²) >= 11 is 18.6. The first-order chi connectivity index (χ1) is 21.2. The number of carbonyl (C=O) groups is 2. The van der Waals surface area contributed by atoms with Gasteiger partial charge in [-0.2, -0.15) is 0 Å². The van der Waals surface area contributed by atoms with Gasteiger partial charge in [0.2, 0.25) is 11.8 Å². The van der Waals surface area contributed by atoms with Crippen LogP contribution in [0.4, 0.5) is 5.69 Å². The summed E-state index contributed by atoms with van der Waals surface area (Å²) in [7, 11) is -0.299. The van der Waals surface area contributed by atoms with Gasteiger partial charge in [0.25, 0.3) is 10.0 Å². The van der Waals surface area contributed by atoms with Gasteiger partial charge in [-0.05, 0) is 60.9 Å². The van der Waals surface area contributed by atoms with E-state index in [-0.39, 0.29) is 44.6 Å². The Kier molecular flexibility index (Phi) is 12.6. The fraction of sp³-hybridized carbons (Fsp3) is 0.355. The molecule has 0 radical (unpaired) electrons. The molecule has 1 N–H and O–H groups in total. The molecule has 0 aliphatic heterocycles. The lowest BCUT2D eigenvalue weighted by Gasteiger charge is -2.32. The second-order valence-corrected chi connectivity index (χ2v) is 13.5. The molecule has 0 unspecified atom stereocenters. The molecule has 0 aromatic heterocycles. The van der Waals surface area contributed by atoms with E-state index < -0.39 is 34.4 Å². The van der Waals surface area contributed by atoms with Crippen LogP contribution in [-0.4, -0.2) is 65.6 Å². The summed E-state index contributed by atoms with van der Waals surface area (Å²) < 4.78 is 45.6. The fourth-order valence-electron chi connectivity index (χ4n) is 4.35. The molecule has 1 atom stereocenters. The number of halogens is 3. The van der Waals surface area contributed by atoms with Gasteiger partial charge < -0.3 is 24.4 Å². The van der Waals surface area contributed by atoms with Crippen LogP contribution in [0.2, 0.25) is 15.1 Å². The third-order valence-corrected chi connectivity index (χ3v) is 9.55. The monoisotopic (exact) mass is 699 g/mol. The molecule has 0 aliphatic rings. The van der Waals surface area contributed by atoms with Crippen LogP contribution in [0.3, 0.4) is 0 Å². The fourth-order valence-corrected chi connectivity index (χ4v) is 6.26. The normalized spacial score (nSPS) is 12.0. The molecule has 45 heavy (non-hydrogen) atoms. The minimum atomic E-state index is -4.47. The third-order valence-electron chi connectivity index (χ3n) is 6.82. The Balaban J connectivity index is 2.14. The van der Waals surface area contributed by atoms with Crippen LogP contribution in [0.15, 0.2) is 59.5 Å². The Labute approximate surface area is 279 Å². The highest BCUT2D eigenvalue weighted by atomic mass is 35.5. The molecule has 0 heterocycles. The molecular weight excluding hydrogens is 665 g/mol. The Morgan fingerprint density at radius 2 is 1.47 bits per heavy atom. The number of anilines is 1. The average Bonchev–Trinajstić information content (AvgIpc) is 3.01. The second-order valence-electron chi connectivity index (χ2n) is 10.4. The van der Waals surface area contributed by atoms with Crippen LogP contribution >= 0.6 is 34.8 Å². The Morgan fingerprint density at radius 1 is 0.822 bits per heavy atom. The van der Waals surface area contributed by atoms with E-state index in [4.69, 9.17) is 49.0 Å². The maximum atomic E-state index is 14.3. The van der Waals surface area contributed by atoms with E-state index in [2.05, 4.69) is 5.32 Å². The Hall–Kier alpha value is -3.38. The Morgan fingerprint density at radius 3 is 2.07 bits per heavy atom. The number of hydrogen-bond acceptors (Lipinski definition) is 7. The third kappa shape index (κ3) is 8.88. The lowest BCUT2D eigenvalue weighted by molar-refractivity contribution is -0.139. The number of ether oxygens (including phenoxy) is 3. The smallest absolute Gasteiger partial charge is 0.265 e. The van der Waals surface area contributed by atoms with Crippen molar-refractivity contribution in [1.82, 2.24) is 10.2 Å². The van der Waals surface area contributed by atoms with E-state index in [1.807, 2.05) is 13.8 Å². The first-order valence-corrected chi connectivity index (χ1v) is 16.4. The van der Waals surface area contributed by atoms with Crippen LogP contribution in [0, 0.1) is 5.92 Å². The summed E-state index contributed by atoms with van der Waals surface area (Å²) in [4.78, 5) is 28.5. The summed E-state index contributed by atoms with van der Waals surface area (Å²) in [6.07, 6.45) is 0. The average molecular weight is 701 g/mol. The molecule has 244 valence electrons. The van der Waals surface area contributed by atoms with Crippen LogP contribution in [0.1, 0.15) is 26.3 Å². The van der Waals surface area contributed by atoms with Gasteiger partial charge in [-0.25, -0.2) is 8.42 Å². The van der Waals surface area contributed by atoms with Gasteiger partial charge in [-0.3, -0.25) is 13.9 Å². The van der Waals surface area contributed by atoms with Crippen molar-refractivity contribution in [3.8, 4) is 17.2 Å². The van der Waals surface area contributed by atoms with E-state index >= 15 is 0 Å². The molecular formula is C31H36Cl3N3O7S. The first kappa shape index (κ1) is 36.1. The molecule has 10 nitrogen and oxygen atoms in total. The van der Waals surface area contributed by atoms with Gasteiger partial charge in [0.15, 0.2) is 11.5 Å². The van der Waals surface area contributed by atoms with Crippen LogP contribution in [0.5, 0.6) is 17.2 Å². The molecule has 14 heteroatoms. The van der Waals surface area contributed by atoms with E-state index in [1.165, 1.54) is 62.6 Å². The topological polar surface area (TPSA) is 114 Å². The van der Waals surface area contributed by atoms with Crippen LogP contribution in [-0.2, 0) is 26.2 Å². The molecule has 0 aliphatic carbocycles. The van der Waals surface area contributed by atoms with E-state index in [0.29, 0.717) is 22.9 Å². The van der Waals surface area contributed by atoms with Crippen molar-refractivity contribution in [2.24, 2.45) is 5.92 Å². The van der Waals surface area contributed by atoms with Crippen molar-refractivity contribution >= 4 is 62.3 Å². The maximum absolute atomic E-state index is 14.3. The van der Waals surface area contributed by atoms with Gasteiger partial charge >= 0.3 is 0 Å². The lowest BCUT2D eigenvalue weighted by Crippen LogP contribution is -2.51. The number of carbonyl (C=O) groups excluding carboxylic acids is 2. The van der Waals surface area contributed by atoms with E-state index in [0.717, 1.165) is 4.31 Å². The minimum absolute atomic E-state index is 0.0135. The zero-order chi connectivity index (χ0) is 33.5. The number of rotatable bonds is 14. The van der Waals surface area contributed by atoms with Gasteiger partial charge in [0.05, 0.1) is 42.0 Å². The van der Waals surface area contributed by atoms with Gasteiger partial charge in [-0.15, -0.1) is 0 Å². The summed E-state index contributed by atoms with van der Waals surface area (Å²) in [6, 6.07) is 12.3. The second kappa shape index (κ2) is 15.8. The first-order valence-electron chi connectivity index (χ1n) is 13.8. The van der Waals surface area contributed by atoms with Crippen LogP contribution < -0.4 is 23.8 Å². The predicted octanol–water partition coefficient (Wildman–Crippen LogP) is 6.06. The molecule has 0 bridgehead atoms. The molecule has 3 rings (SSSR count). The standard InChI is InChI=1S/C31H36Cl3N3O7S/c1-19(2)16-35-31(39)20(3)36(17-21-7-10-24(33)25(34)13-21)30(38)18-37(26-14-22(32)8-11-27(26)42-4)45(40,41)23-9-12-28(43-5)29(15-23)44-6/h7-15,19-20H,16-18H2,1-6H3,(H,35,39)/t20-/m0/s1. The molecule has 3 aromatic carbocycles. The predicted molar refractivity (Wildman–Crippen MR) is 176 cm³/mol. The highest BCUT2D eigenvalue weighted by molar-refractivity contribution is 7.92. The quantitative estimate of drug-likeness (QED) is 0.218. The molecule has 0 saturated heterocycles. The van der Waals surface area contributed by atoms with Crippen molar-refractivity contribution in [1.29, 1.82) is 0 Å². The highest BCUT2D eigenvalue weighted by Gasteiger charge is 2.34. The van der Waals surface area contributed by atoms with Crippen molar-refractivity contribution in [2.75, 3.05) is 38.7 Å². The van der Waals surface area contributed by atoms with Gasteiger partial charge in [0.1, 0.15) is 18.3 Å². The van der Waals surface area contributed by atoms with Crippen molar-refractivity contribution in [3.05, 3.63) is 75.2 Å².